The molecule has 0 spiro atoms. The van der Waals surface area contributed by atoms with Crippen LogP contribution in [0.1, 0.15) is 21.5 Å². The van der Waals surface area contributed by atoms with Gasteiger partial charge in [-0.05, 0) is 54.4 Å². The Balaban J connectivity index is 1.51. The standard InChI is InChI=1S/C24H24N2O4/c1-17-8-13-22(29-2)21(14-17)26-24(28)19-9-11-20(12-10-19)30-16-23(27)25-15-18-6-4-3-5-7-18/h3-14H,15-16H2,1-2H3,(H,25,27)(H,26,28). The molecule has 0 atom stereocenters. The van der Waals surface area contributed by atoms with E-state index in [9.17, 15) is 9.59 Å². The smallest absolute Gasteiger partial charge is 0.258 e. The maximum atomic E-state index is 12.5. The SMILES string of the molecule is COc1ccc(C)cc1NC(=O)c1ccc(OCC(=O)NCc2ccccc2)cc1. The van der Waals surface area contributed by atoms with Crippen LogP contribution >= 0.6 is 0 Å². The highest BCUT2D eigenvalue weighted by Gasteiger charge is 2.11. The van der Waals surface area contributed by atoms with Gasteiger partial charge in [0.1, 0.15) is 11.5 Å². The molecule has 2 N–H and O–H groups in total. The highest BCUT2D eigenvalue weighted by Crippen LogP contribution is 2.26. The van der Waals surface area contributed by atoms with Crippen molar-refractivity contribution in [1.29, 1.82) is 0 Å². The van der Waals surface area contributed by atoms with Crippen LogP contribution in [0.25, 0.3) is 0 Å². The Hall–Kier alpha value is -3.80. The number of nitrogens with one attached hydrogen (secondary N) is 2. The zero-order valence-corrected chi connectivity index (χ0v) is 17.0. The van der Waals surface area contributed by atoms with Crippen molar-refractivity contribution in [3.8, 4) is 11.5 Å². The Morgan fingerprint density at radius 3 is 2.37 bits per heavy atom. The molecule has 30 heavy (non-hydrogen) atoms. The molecule has 0 radical (unpaired) electrons. The van der Waals surface area contributed by atoms with Crippen LogP contribution in [0.15, 0.2) is 72.8 Å². The number of benzene rings is 3. The summed E-state index contributed by atoms with van der Waals surface area (Å²) in [6.45, 7) is 2.29. The minimum absolute atomic E-state index is 0.0983. The summed E-state index contributed by atoms with van der Waals surface area (Å²) in [6, 6.07) is 21.8. The van der Waals surface area contributed by atoms with Crippen molar-refractivity contribution in [2.45, 2.75) is 13.5 Å². The first-order chi connectivity index (χ1) is 14.5. The number of aryl methyl sites for hydroxylation is 1. The molecule has 0 bridgehead atoms. The van der Waals surface area contributed by atoms with Gasteiger partial charge in [-0.25, -0.2) is 0 Å². The summed E-state index contributed by atoms with van der Waals surface area (Å²) in [4.78, 5) is 24.5. The maximum Gasteiger partial charge on any atom is 0.258 e. The summed E-state index contributed by atoms with van der Waals surface area (Å²) in [5.41, 5.74) is 3.11. The first kappa shape index (κ1) is 20.9. The molecular weight excluding hydrogens is 380 g/mol. The highest BCUT2D eigenvalue weighted by molar-refractivity contribution is 6.05. The summed E-state index contributed by atoms with van der Waals surface area (Å²) < 4.78 is 10.8. The minimum Gasteiger partial charge on any atom is -0.495 e. The Labute approximate surface area is 175 Å². The van der Waals surface area contributed by atoms with Crippen molar-refractivity contribution in [3.05, 3.63) is 89.5 Å². The van der Waals surface area contributed by atoms with E-state index in [1.54, 1.807) is 31.4 Å². The Morgan fingerprint density at radius 1 is 0.933 bits per heavy atom. The van der Waals surface area contributed by atoms with E-state index in [0.29, 0.717) is 29.3 Å². The molecule has 154 valence electrons. The van der Waals surface area contributed by atoms with E-state index in [1.165, 1.54) is 0 Å². The van der Waals surface area contributed by atoms with E-state index in [2.05, 4.69) is 10.6 Å². The molecule has 2 amide bonds. The zero-order valence-electron chi connectivity index (χ0n) is 17.0. The van der Waals surface area contributed by atoms with E-state index < -0.39 is 0 Å². The minimum atomic E-state index is -0.258. The van der Waals surface area contributed by atoms with Gasteiger partial charge in [-0.1, -0.05) is 36.4 Å². The lowest BCUT2D eigenvalue weighted by Crippen LogP contribution is -2.28. The second-order valence-electron chi connectivity index (χ2n) is 6.73. The number of hydrogen-bond acceptors (Lipinski definition) is 4. The number of anilines is 1. The summed E-state index contributed by atoms with van der Waals surface area (Å²) in [6.07, 6.45) is 0. The molecule has 3 rings (SSSR count). The second-order valence-corrected chi connectivity index (χ2v) is 6.73. The first-order valence-electron chi connectivity index (χ1n) is 9.54. The van der Waals surface area contributed by atoms with Crippen molar-refractivity contribution in [1.82, 2.24) is 5.32 Å². The molecule has 0 aliphatic rings. The average Bonchev–Trinajstić information content (AvgIpc) is 2.77. The Kier molecular flexibility index (Phi) is 7.05. The van der Waals surface area contributed by atoms with Crippen LogP contribution in [-0.2, 0) is 11.3 Å². The van der Waals surface area contributed by atoms with E-state index in [-0.39, 0.29) is 18.4 Å². The lowest BCUT2D eigenvalue weighted by atomic mass is 10.1. The lowest BCUT2D eigenvalue weighted by Gasteiger charge is -2.11. The van der Waals surface area contributed by atoms with Gasteiger partial charge >= 0.3 is 0 Å². The van der Waals surface area contributed by atoms with Gasteiger partial charge in [0.15, 0.2) is 6.61 Å². The molecular formula is C24H24N2O4. The van der Waals surface area contributed by atoms with Crippen LogP contribution in [0.2, 0.25) is 0 Å². The van der Waals surface area contributed by atoms with Gasteiger partial charge in [0.25, 0.3) is 11.8 Å². The van der Waals surface area contributed by atoms with E-state index >= 15 is 0 Å². The Bertz CT molecular complexity index is 1000. The van der Waals surface area contributed by atoms with Gasteiger partial charge in [0.05, 0.1) is 12.8 Å². The fourth-order valence-corrected chi connectivity index (χ4v) is 2.81. The summed E-state index contributed by atoms with van der Waals surface area (Å²) >= 11 is 0. The van der Waals surface area contributed by atoms with Gasteiger partial charge in [-0.15, -0.1) is 0 Å². The molecule has 0 aliphatic heterocycles. The van der Waals surface area contributed by atoms with Crippen molar-refractivity contribution in [2.75, 3.05) is 19.0 Å². The highest BCUT2D eigenvalue weighted by atomic mass is 16.5. The fourth-order valence-electron chi connectivity index (χ4n) is 2.81. The number of methoxy groups -OCH3 is 1. The number of ether oxygens (including phenoxy) is 2. The maximum absolute atomic E-state index is 12.5. The number of rotatable bonds is 8. The molecule has 0 fully saturated rings. The zero-order chi connectivity index (χ0) is 21.3. The summed E-state index contributed by atoms with van der Waals surface area (Å²) in [7, 11) is 1.56. The Morgan fingerprint density at radius 2 is 1.67 bits per heavy atom. The van der Waals surface area contributed by atoms with Crippen LogP contribution < -0.4 is 20.1 Å². The molecule has 3 aromatic carbocycles. The van der Waals surface area contributed by atoms with E-state index in [1.807, 2.05) is 55.5 Å². The summed E-state index contributed by atoms with van der Waals surface area (Å²) in [5, 5.41) is 5.65. The quantitative estimate of drug-likeness (QED) is 0.596. The molecule has 0 aliphatic carbocycles. The molecule has 6 heteroatoms. The topological polar surface area (TPSA) is 76.7 Å². The monoisotopic (exact) mass is 404 g/mol. The van der Waals surface area contributed by atoms with Crippen molar-refractivity contribution in [2.24, 2.45) is 0 Å². The normalized spacial score (nSPS) is 10.2. The number of carbonyl (C=O) groups is 2. The first-order valence-corrected chi connectivity index (χ1v) is 9.54. The predicted molar refractivity (Wildman–Crippen MR) is 116 cm³/mol. The van der Waals surface area contributed by atoms with Gasteiger partial charge in [0.2, 0.25) is 0 Å². The van der Waals surface area contributed by atoms with Crippen LogP contribution in [0.4, 0.5) is 5.69 Å². The fraction of sp³-hybridized carbons (Fsp3) is 0.167. The van der Waals surface area contributed by atoms with Gasteiger partial charge in [-0.3, -0.25) is 9.59 Å². The molecule has 0 aromatic heterocycles. The third-order valence-corrected chi connectivity index (χ3v) is 4.42. The molecule has 6 nitrogen and oxygen atoms in total. The van der Waals surface area contributed by atoms with E-state index in [0.717, 1.165) is 11.1 Å². The second kappa shape index (κ2) is 10.1. The predicted octanol–water partition coefficient (Wildman–Crippen LogP) is 3.95. The van der Waals surface area contributed by atoms with Gasteiger partial charge in [0, 0.05) is 12.1 Å². The third kappa shape index (κ3) is 5.85. The van der Waals surface area contributed by atoms with Crippen molar-refractivity contribution < 1.29 is 19.1 Å². The molecule has 0 heterocycles. The molecule has 3 aromatic rings. The molecule has 0 saturated heterocycles. The van der Waals surface area contributed by atoms with Crippen LogP contribution in [0.3, 0.4) is 0 Å². The van der Waals surface area contributed by atoms with Crippen LogP contribution in [0, 0.1) is 6.92 Å². The largest absolute Gasteiger partial charge is 0.495 e. The van der Waals surface area contributed by atoms with Crippen LogP contribution in [0.5, 0.6) is 11.5 Å². The number of amides is 2. The average molecular weight is 404 g/mol. The van der Waals surface area contributed by atoms with Gasteiger partial charge < -0.3 is 20.1 Å². The number of carbonyl (C=O) groups excluding carboxylic acids is 2. The summed E-state index contributed by atoms with van der Waals surface area (Å²) in [5.74, 6) is 0.628. The number of hydrogen-bond donors (Lipinski definition) is 2. The van der Waals surface area contributed by atoms with Crippen molar-refractivity contribution in [3.63, 3.8) is 0 Å². The van der Waals surface area contributed by atoms with Crippen molar-refractivity contribution >= 4 is 17.5 Å². The third-order valence-electron chi connectivity index (χ3n) is 4.42. The molecule has 0 unspecified atom stereocenters. The van der Waals surface area contributed by atoms with Gasteiger partial charge in [-0.2, -0.15) is 0 Å². The van der Waals surface area contributed by atoms with Crippen LogP contribution in [-0.4, -0.2) is 25.5 Å². The molecule has 0 saturated carbocycles. The lowest BCUT2D eigenvalue weighted by molar-refractivity contribution is -0.123. The van der Waals surface area contributed by atoms with E-state index in [4.69, 9.17) is 9.47 Å².